The average Bonchev–Trinajstić information content (AvgIpc) is 3.18. The Labute approximate surface area is 114 Å². The molecule has 0 spiro atoms. The monoisotopic (exact) mass is 308 g/mol. The van der Waals surface area contributed by atoms with Crippen LogP contribution in [0.5, 0.6) is 0 Å². The summed E-state index contributed by atoms with van der Waals surface area (Å²) < 4.78 is 14.8. The van der Waals surface area contributed by atoms with Gasteiger partial charge >= 0.3 is 0 Å². The van der Waals surface area contributed by atoms with E-state index in [9.17, 15) is 4.39 Å². The zero-order chi connectivity index (χ0) is 12.7. The van der Waals surface area contributed by atoms with Crippen molar-refractivity contribution < 1.29 is 4.39 Å². The second-order valence-electron chi connectivity index (χ2n) is 4.65. The molecule has 0 amide bonds. The lowest BCUT2D eigenvalue weighted by Gasteiger charge is -2.12. The molecule has 18 heavy (non-hydrogen) atoms. The van der Waals surface area contributed by atoms with Crippen LogP contribution in [0.2, 0.25) is 0 Å². The third kappa shape index (κ3) is 1.99. The highest BCUT2D eigenvalue weighted by molar-refractivity contribution is 9.10. The normalized spacial score (nSPS) is 15.1. The van der Waals surface area contributed by atoms with Gasteiger partial charge in [0.1, 0.15) is 11.3 Å². The van der Waals surface area contributed by atoms with Gasteiger partial charge in [-0.2, -0.15) is 0 Å². The lowest BCUT2D eigenvalue weighted by atomic mass is 10.1. The summed E-state index contributed by atoms with van der Waals surface area (Å²) in [5.41, 5.74) is 2.44. The smallest absolute Gasteiger partial charge is 0.149 e. The summed E-state index contributed by atoms with van der Waals surface area (Å²) >= 11 is 3.48. The molecular formula is C14H14BrFN2. The summed E-state index contributed by atoms with van der Waals surface area (Å²) in [5, 5.41) is 4.14. The molecule has 1 aliphatic carbocycles. The van der Waals surface area contributed by atoms with Crippen LogP contribution in [-0.2, 0) is 0 Å². The van der Waals surface area contributed by atoms with E-state index < -0.39 is 0 Å². The predicted octanol–water partition coefficient (Wildman–Crippen LogP) is 4.45. The molecule has 0 radical (unpaired) electrons. The van der Waals surface area contributed by atoms with Crippen molar-refractivity contribution in [3.05, 3.63) is 34.2 Å². The van der Waals surface area contributed by atoms with E-state index in [1.165, 1.54) is 18.9 Å². The quantitative estimate of drug-likeness (QED) is 0.906. The van der Waals surface area contributed by atoms with Gasteiger partial charge in [-0.3, -0.25) is 0 Å². The number of halogens is 2. The van der Waals surface area contributed by atoms with Crippen molar-refractivity contribution in [2.45, 2.75) is 25.7 Å². The number of nitrogens with zero attached hydrogens (tertiary/aromatic N) is 1. The van der Waals surface area contributed by atoms with Crippen molar-refractivity contribution in [1.82, 2.24) is 4.98 Å². The summed E-state index contributed by atoms with van der Waals surface area (Å²) in [6.07, 6.45) is 2.33. The Balaban J connectivity index is 2.29. The van der Waals surface area contributed by atoms with Crippen molar-refractivity contribution >= 4 is 32.5 Å². The van der Waals surface area contributed by atoms with Crippen LogP contribution >= 0.6 is 15.9 Å². The molecule has 1 heterocycles. The maximum absolute atomic E-state index is 13.9. The largest absolute Gasteiger partial charge is 0.385 e. The molecule has 0 aliphatic heterocycles. The van der Waals surface area contributed by atoms with Crippen LogP contribution in [0.1, 0.15) is 31.4 Å². The first-order valence-corrected chi connectivity index (χ1v) is 7.02. The minimum absolute atomic E-state index is 0.255. The van der Waals surface area contributed by atoms with Gasteiger partial charge in [0.05, 0.1) is 0 Å². The molecule has 1 N–H and O–H groups in total. The van der Waals surface area contributed by atoms with Crippen LogP contribution in [0.25, 0.3) is 10.9 Å². The van der Waals surface area contributed by atoms with Crippen LogP contribution in [0.4, 0.5) is 10.1 Å². The Morgan fingerprint density at radius 2 is 2.22 bits per heavy atom. The van der Waals surface area contributed by atoms with Gasteiger partial charge < -0.3 is 5.32 Å². The minimum atomic E-state index is -0.255. The number of pyridine rings is 1. The number of hydrogen-bond donors (Lipinski definition) is 1. The zero-order valence-electron chi connectivity index (χ0n) is 10.1. The first kappa shape index (κ1) is 11.9. The third-order valence-electron chi connectivity index (χ3n) is 3.24. The van der Waals surface area contributed by atoms with Gasteiger partial charge in [0.2, 0.25) is 0 Å². The molecular weight excluding hydrogens is 295 g/mol. The number of nitrogens with one attached hydrogen (secondary N) is 1. The highest BCUT2D eigenvalue weighted by Crippen LogP contribution is 2.42. The lowest BCUT2D eigenvalue weighted by Crippen LogP contribution is -2.01. The molecule has 1 fully saturated rings. The van der Waals surface area contributed by atoms with E-state index in [0.29, 0.717) is 11.4 Å². The fourth-order valence-electron chi connectivity index (χ4n) is 2.21. The molecule has 1 aliphatic rings. The number of aromatic nitrogens is 1. The Morgan fingerprint density at radius 1 is 1.44 bits per heavy atom. The van der Waals surface area contributed by atoms with Crippen LogP contribution in [0, 0.1) is 5.82 Å². The summed E-state index contributed by atoms with van der Waals surface area (Å²) in [6, 6.07) is 5.26. The molecule has 0 unspecified atom stereocenters. The molecule has 94 valence electrons. The maximum Gasteiger partial charge on any atom is 0.149 e. The van der Waals surface area contributed by atoms with Gasteiger partial charge in [-0.1, -0.05) is 15.9 Å². The van der Waals surface area contributed by atoms with Crippen molar-refractivity contribution in [2.75, 3.05) is 11.9 Å². The summed E-state index contributed by atoms with van der Waals surface area (Å²) in [7, 11) is 0. The molecule has 0 atom stereocenters. The van der Waals surface area contributed by atoms with Gasteiger partial charge in [0.25, 0.3) is 0 Å². The van der Waals surface area contributed by atoms with Crippen LogP contribution in [0.15, 0.2) is 22.7 Å². The van der Waals surface area contributed by atoms with E-state index in [1.54, 1.807) is 6.07 Å². The lowest BCUT2D eigenvalue weighted by molar-refractivity contribution is 0.636. The number of fused-ring (bicyclic) bond motifs is 1. The van der Waals surface area contributed by atoms with E-state index >= 15 is 0 Å². The molecule has 1 aromatic heterocycles. The van der Waals surface area contributed by atoms with Crippen molar-refractivity contribution in [2.24, 2.45) is 0 Å². The Kier molecular flexibility index (Phi) is 2.98. The number of hydrogen-bond acceptors (Lipinski definition) is 2. The molecule has 3 rings (SSSR count). The predicted molar refractivity (Wildman–Crippen MR) is 75.5 cm³/mol. The van der Waals surface area contributed by atoms with Crippen molar-refractivity contribution in [1.29, 1.82) is 0 Å². The molecule has 4 heteroatoms. The first-order chi connectivity index (χ1) is 8.70. The summed E-state index contributed by atoms with van der Waals surface area (Å²) in [4.78, 5) is 4.50. The van der Waals surface area contributed by atoms with Gasteiger partial charge in [0, 0.05) is 33.7 Å². The molecule has 2 aromatic rings. The van der Waals surface area contributed by atoms with Crippen LogP contribution < -0.4 is 5.32 Å². The number of benzene rings is 1. The van der Waals surface area contributed by atoms with Crippen LogP contribution in [0.3, 0.4) is 0 Å². The van der Waals surface area contributed by atoms with E-state index in [2.05, 4.69) is 32.3 Å². The average molecular weight is 309 g/mol. The van der Waals surface area contributed by atoms with Crippen molar-refractivity contribution in [3.8, 4) is 0 Å². The van der Waals surface area contributed by atoms with Gasteiger partial charge in [0.15, 0.2) is 0 Å². The first-order valence-electron chi connectivity index (χ1n) is 6.23. The highest BCUT2D eigenvalue weighted by Gasteiger charge is 2.26. The number of rotatable bonds is 3. The summed E-state index contributed by atoms with van der Waals surface area (Å²) in [6.45, 7) is 2.85. The van der Waals surface area contributed by atoms with E-state index in [-0.39, 0.29) is 5.82 Å². The molecule has 1 saturated carbocycles. The number of anilines is 1. The Hall–Kier alpha value is -1.16. The Bertz CT molecular complexity index is 608. The van der Waals surface area contributed by atoms with E-state index in [0.717, 1.165) is 27.8 Å². The molecule has 0 saturated heterocycles. The molecule has 1 aromatic carbocycles. The van der Waals surface area contributed by atoms with E-state index in [1.807, 2.05) is 6.92 Å². The second kappa shape index (κ2) is 4.50. The zero-order valence-corrected chi connectivity index (χ0v) is 11.7. The SMILES string of the molecule is CCNc1cc(C2CC2)nc2c(F)ccc(Br)c12. The van der Waals surface area contributed by atoms with Gasteiger partial charge in [-0.05, 0) is 38.0 Å². The van der Waals surface area contributed by atoms with Crippen LogP contribution in [-0.4, -0.2) is 11.5 Å². The highest BCUT2D eigenvalue weighted by atomic mass is 79.9. The molecule has 2 nitrogen and oxygen atoms in total. The fraction of sp³-hybridized carbons (Fsp3) is 0.357. The standard InChI is InChI=1S/C14H14BrFN2/c1-2-17-12-7-11(8-3-4-8)18-14-10(16)6-5-9(15)13(12)14/h5-8H,2-4H2,1H3,(H,17,18). The van der Waals surface area contributed by atoms with Gasteiger partial charge in [-0.25, -0.2) is 9.37 Å². The second-order valence-corrected chi connectivity index (χ2v) is 5.51. The Morgan fingerprint density at radius 3 is 2.89 bits per heavy atom. The maximum atomic E-state index is 13.9. The third-order valence-corrected chi connectivity index (χ3v) is 3.90. The van der Waals surface area contributed by atoms with Crippen molar-refractivity contribution in [3.63, 3.8) is 0 Å². The summed E-state index contributed by atoms with van der Waals surface area (Å²) in [5.74, 6) is 0.264. The topological polar surface area (TPSA) is 24.9 Å². The fourth-order valence-corrected chi connectivity index (χ4v) is 2.74. The molecule has 0 bridgehead atoms. The van der Waals surface area contributed by atoms with E-state index in [4.69, 9.17) is 0 Å². The van der Waals surface area contributed by atoms with Gasteiger partial charge in [-0.15, -0.1) is 0 Å². The minimum Gasteiger partial charge on any atom is -0.385 e.